The maximum absolute atomic E-state index is 12.1. The molecule has 0 saturated heterocycles. The van der Waals surface area contributed by atoms with Crippen molar-refractivity contribution in [3.63, 3.8) is 0 Å². The Balaban J connectivity index is 2.13. The molecular weight excluding hydrogens is 334 g/mol. The van der Waals surface area contributed by atoms with E-state index in [1.165, 1.54) is 11.1 Å². The van der Waals surface area contributed by atoms with E-state index >= 15 is 0 Å². The van der Waals surface area contributed by atoms with Crippen LogP contribution < -0.4 is 4.90 Å². The van der Waals surface area contributed by atoms with Gasteiger partial charge >= 0.3 is 11.9 Å². The third-order valence-electron chi connectivity index (χ3n) is 3.39. The van der Waals surface area contributed by atoms with E-state index in [0.717, 1.165) is 5.56 Å². The second kappa shape index (κ2) is 7.77. The monoisotopic (exact) mass is 355 g/mol. The number of ether oxygens (including phenoxy) is 1. The van der Waals surface area contributed by atoms with Crippen molar-refractivity contribution >= 4 is 29.8 Å². The zero-order valence-electron chi connectivity index (χ0n) is 15.2. The molecule has 136 valence electrons. The van der Waals surface area contributed by atoms with Crippen molar-refractivity contribution in [2.45, 2.75) is 26.4 Å². The highest BCUT2D eigenvalue weighted by Gasteiger charge is 2.20. The lowest BCUT2D eigenvalue weighted by Crippen LogP contribution is -2.34. The summed E-state index contributed by atoms with van der Waals surface area (Å²) >= 11 is 0. The molecule has 0 fully saturated rings. The van der Waals surface area contributed by atoms with Gasteiger partial charge in [-0.15, -0.1) is 0 Å². The number of nitro groups is 1. The fourth-order valence-corrected chi connectivity index (χ4v) is 2.12. The van der Waals surface area contributed by atoms with Gasteiger partial charge in [-0.25, -0.2) is 4.79 Å². The molecule has 0 unspecified atom stereocenters. The second-order valence-electron chi connectivity index (χ2n) is 6.64. The van der Waals surface area contributed by atoms with Gasteiger partial charge in [0.15, 0.2) is 0 Å². The number of amides is 1. The quantitative estimate of drug-likeness (QED) is 0.594. The Morgan fingerprint density at radius 1 is 1.19 bits per heavy atom. The molecule has 0 bridgehead atoms. The number of pyridine rings is 1. The maximum atomic E-state index is 12.1. The Hall–Kier alpha value is -3.22. The zero-order chi connectivity index (χ0) is 19.3. The van der Waals surface area contributed by atoms with Crippen LogP contribution in [0, 0.1) is 10.1 Å². The van der Waals surface area contributed by atoms with E-state index in [1.807, 2.05) is 32.9 Å². The molecule has 0 aliphatic carbocycles. The van der Waals surface area contributed by atoms with Gasteiger partial charge in [0.25, 0.3) is 0 Å². The normalized spacial score (nSPS) is 11.4. The minimum atomic E-state index is -0.563. The van der Waals surface area contributed by atoms with Gasteiger partial charge in [-0.2, -0.15) is 0 Å². The first kappa shape index (κ1) is 19.1. The average Bonchev–Trinajstić information content (AvgIpc) is 2.58. The first-order chi connectivity index (χ1) is 12.2. The molecule has 0 aliphatic rings. The van der Waals surface area contributed by atoms with Gasteiger partial charge in [-0.05, 0) is 66.6 Å². The van der Waals surface area contributed by atoms with E-state index in [4.69, 9.17) is 4.74 Å². The van der Waals surface area contributed by atoms with Crippen molar-refractivity contribution in [2.75, 3.05) is 11.9 Å². The maximum Gasteiger partial charge on any atom is 0.414 e. The molecule has 1 heterocycles. The molecule has 1 amide bonds. The van der Waals surface area contributed by atoms with Crippen LogP contribution in [0.4, 0.5) is 16.3 Å². The smallest absolute Gasteiger partial charge is 0.414 e. The van der Waals surface area contributed by atoms with Crippen LogP contribution in [0.1, 0.15) is 31.9 Å². The summed E-state index contributed by atoms with van der Waals surface area (Å²) in [7, 11) is 1.64. The average molecular weight is 355 g/mol. The van der Waals surface area contributed by atoms with Gasteiger partial charge in [-0.1, -0.05) is 18.2 Å². The molecule has 2 aromatic rings. The molecular formula is C19H21N3O4. The van der Waals surface area contributed by atoms with Crippen LogP contribution >= 0.6 is 0 Å². The molecule has 1 aromatic heterocycles. The highest BCUT2D eigenvalue weighted by atomic mass is 16.6. The third-order valence-corrected chi connectivity index (χ3v) is 3.39. The Kier molecular flexibility index (Phi) is 5.71. The lowest BCUT2D eigenvalue weighted by Gasteiger charge is -2.24. The second-order valence-corrected chi connectivity index (χ2v) is 6.64. The number of nitrogens with zero attached hydrogens (tertiary/aromatic N) is 3. The number of carbonyl (C=O) groups excluding carboxylic acids is 1. The first-order valence-corrected chi connectivity index (χ1v) is 8.01. The largest absolute Gasteiger partial charge is 0.443 e. The van der Waals surface area contributed by atoms with Gasteiger partial charge < -0.3 is 14.9 Å². The van der Waals surface area contributed by atoms with Gasteiger partial charge in [0.1, 0.15) is 11.8 Å². The minimum Gasteiger partial charge on any atom is -0.443 e. The van der Waals surface area contributed by atoms with Crippen LogP contribution in [0.15, 0.2) is 42.6 Å². The summed E-state index contributed by atoms with van der Waals surface area (Å²) in [5.74, 6) is -0.190. The summed E-state index contributed by atoms with van der Waals surface area (Å²) in [6.07, 6.45) is 4.34. The van der Waals surface area contributed by atoms with E-state index in [-0.39, 0.29) is 5.82 Å². The predicted molar refractivity (Wildman–Crippen MR) is 101 cm³/mol. The van der Waals surface area contributed by atoms with E-state index in [0.29, 0.717) is 11.3 Å². The molecule has 0 aliphatic heterocycles. The number of carbonyl (C=O) groups is 1. The van der Waals surface area contributed by atoms with Gasteiger partial charge in [0.2, 0.25) is 0 Å². The SMILES string of the molecule is CN(C(=O)OC(C)(C)C)c1ccc(C=Cc2cccnc2[N+](=O)[O-])cc1. The first-order valence-electron chi connectivity index (χ1n) is 8.01. The fourth-order valence-electron chi connectivity index (χ4n) is 2.12. The van der Waals surface area contributed by atoms with Gasteiger partial charge in [0.05, 0.1) is 5.56 Å². The summed E-state index contributed by atoms with van der Waals surface area (Å²) in [5, 5.41) is 11.0. The zero-order valence-corrected chi connectivity index (χ0v) is 15.2. The molecule has 1 aromatic carbocycles. The van der Waals surface area contributed by atoms with Crippen molar-refractivity contribution in [1.82, 2.24) is 4.98 Å². The third kappa shape index (κ3) is 5.14. The summed E-state index contributed by atoms with van der Waals surface area (Å²) in [6.45, 7) is 5.43. The molecule has 0 saturated carbocycles. The molecule has 0 N–H and O–H groups in total. The topological polar surface area (TPSA) is 85.6 Å². The number of hydrogen-bond acceptors (Lipinski definition) is 5. The van der Waals surface area contributed by atoms with Crippen molar-refractivity contribution in [2.24, 2.45) is 0 Å². The van der Waals surface area contributed by atoms with Crippen molar-refractivity contribution in [3.05, 3.63) is 63.8 Å². The van der Waals surface area contributed by atoms with Crippen molar-refractivity contribution in [3.8, 4) is 0 Å². The van der Waals surface area contributed by atoms with Crippen LogP contribution in [0.2, 0.25) is 0 Å². The number of anilines is 1. The van der Waals surface area contributed by atoms with E-state index in [9.17, 15) is 14.9 Å². The number of benzene rings is 1. The van der Waals surface area contributed by atoms with Crippen LogP contribution in [0.3, 0.4) is 0 Å². The fraction of sp³-hybridized carbons (Fsp3) is 0.263. The summed E-state index contributed by atoms with van der Waals surface area (Å²) < 4.78 is 5.33. The lowest BCUT2D eigenvalue weighted by atomic mass is 10.1. The summed E-state index contributed by atoms with van der Waals surface area (Å²) in [4.78, 5) is 27.7. The molecule has 26 heavy (non-hydrogen) atoms. The number of hydrogen-bond donors (Lipinski definition) is 0. The number of aromatic nitrogens is 1. The Labute approximate surface area is 152 Å². The van der Waals surface area contributed by atoms with Crippen molar-refractivity contribution in [1.29, 1.82) is 0 Å². The van der Waals surface area contributed by atoms with Gasteiger partial charge in [0, 0.05) is 12.7 Å². The van der Waals surface area contributed by atoms with E-state index in [2.05, 4.69) is 4.98 Å². The Bertz CT molecular complexity index is 823. The summed E-state index contributed by atoms with van der Waals surface area (Å²) in [6, 6.07) is 10.5. The van der Waals surface area contributed by atoms with E-state index in [1.54, 1.807) is 43.5 Å². The van der Waals surface area contributed by atoms with Crippen LogP contribution in [0.5, 0.6) is 0 Å². The lowest BCUT2D eigenvalue weighted by molar-refractivity contribution is -0.389. The Morgan fingerprint density at radius 2 is 1.85 bits per heavy atom. The molecule has 7 heteroatoms. The molecule has 7 nitrogen and oxygen atoms in total. The minimum absolute atomic E-state index is 0.190. The molecule has 0 spiro atoms. The summed E-state index contributed by atoms with van der Waals surface area (Å²) in [5.41, 5.74) is 1.38. The predicted octanol–water partition coefficient (Wildman–Crippen LogP) is 4.53. The Morgan fingerprint density at radius 3 is 2.42 bits per heavy atom. The molecule has 0 atom stereocenters. The van der Waals surface area contributed by atoms with Gasteiger partial charge in [-0.3, -0.25) is 4.90 Å². The standard InChI is InChI=1S/C19H21N3O4/c1-19(2,3)26-18(23)21(4)16-11-8-14(9-12-16)7-10-15-6-5-13-20-17(15)22(24)25/h5-13H,1-4H3. The highest BCUT2D eigenvalue weighted by molar-refractivity contribution is 5.87. The van der Waals surface area contributed by atoms with Crippen LogP contribution in [-0.4, -0.2) is 28.6 Å². The molecule has 0 radical (unpaired) electrons. The van der Waals surface area contributed by atoms with Crippen LogP contribution in [-0.2, 0) is 4.74 Å². The van der Waals surface area contributed by atoms with E-state index < -0.39 is 16.6 Å². The molecule has 2 rings (SSSR count). The van der Waals surface area contributed by atoms with Crippen molar-refractivity contribution < 1.29 is 14.5 Å². The number of rotatable bonds is 4. The highest BCUT2D eigenvalue weighted by Crippen LogP contribution is 2.20. The van der Waals surface area contributed by atoms with Crippen LogP contribution in [0.25, 0.3) is 12.2 Å².